The first kappa shape index (κ1) is 106. The van der Waals surface area contributed by atoms with E-state index in [1.807, 2.05) is 30.3 Å². The molecule has 2 heterocycles. The van der Waals surface area contributed by atoms with Gasteiger partial charge in [-0.2, -0.15) is 0 Å². The molecule has 17 amide bonds. The number of phenolic OH excluding ortho intramolecular Hbond substituents is 1. The van der Waals surface area contributed by atoms with Gasteiger partial charge < -0.3 is 116 Å². The number of nitrogens with two attached hydrogens (primary N) is 2. The Morgan fingerprint density at radius 1 is 0.459 bits per heavy atom. The largest absolute Gasteiger partial charge is 0.508 e. The number of carbonyl (C=O) groups excluding carboxylic acids is 17. The lowest BCUT2D eigenvalue weighted by Gasteiger charge is -2.33. The van der Waals surface area contributed by atoms with Gasteiger partial charge in [0.2, 0.25) is 100 Å². The van der Waals surface area contributed by atoms with Crippen LogP contribution in [0.2, 0.25) is 0 Å². The molecule has 0 unspecified atom stereocenters. The van der Waals surface area contributed by atoms with E-state index in [2.05, 4.69) is 74.1 Å². The van der Waals surface area contributed by atoms with E-state index in [-0.39, 0.29) is 43.4 Å². The van der Waals surface area contributed by atoms with E-state index in [0.717, 1.165) is 20.9 Å². The number of H-pyrrole nitrogens is 1. The lowest BCUT2D eigenvalue weighted by Crippen LogP contribution is -2.62. The molecular formula is C92H122N18O22S. The topological polar surface area (TPSA) is 619 Å². The van der Waals surface area contributed by atoms with Crippen molar-refractivity contribution >= 4 is 129 Å². The number of primary amides is 2. The third-order valence-electron chi connectivity index (χ3n) is 21.9. The number of hydrogen-bond acceptors (Lipinski definition) is 22. The number of aromatic nitrogens is 1. The van der Waals surface area contributed by atoms with E-state index in [9.17, 15) is 78.0 Å². The van der Waals surface area contributed by atoms with E-state index in [1.165, 1.54) is 59.1 Å². The molecule has 133 heavy (non-hydrogen) atoms. The van der Waals surface area contributed by atoms with Gasteiger partial charge in [-0.05, 0) is 95.0 Å². The number of nitrogens with one attached hydrogen (secondary N) is 14. The van der Waals surface area contributed by atoms with Crippen LogP contribution in [0.15, 0.2) is 140 Å². The van der Waals surface area contributed by atoms with Gasteiger partial charge in [-0.25, -0.2) is 0 Å². The van der Waals surface area contributed by atoms with Crippen LogP contribution in [0.4, 0.5) is 0 Å². The summed E-state index contributed by atoms with van der Waals surface area (Å²) < 4.78 is 0. The predicted molar refractivity (Wildman–Crippen MR) is 490 cm³/mol. The number of carboxylic acid groups (broad SMARTS) is 1. The van der Waals surface area contributed by atoms with Crippen molar-refractivity contribution in [2.75, 3.05) is 45.4 Å². The molecule has 5 aromatic carbocycles. The van der Waals surface area contributed by atoms with Crippen LogP contribution in [0.5, 0.6) is 5.75 Å². The minimum Gasteiger partial charge on any atom is -0.508 e. The first-order valence-electron chi connectivity index (χ1n) is 43.5. The van der Waals surface area contributed by atoms with Crippen molar-refractivity contribution in [1.82, 2.24) is 83.9 Å². The molecule has 1 fully saturated rings. The molecular weight excluding hydrogens is 1740 g/mol. The number of nitrogens with zero attached hydrogens (tertiary/aromatic N) is 2. The number of para-hydroxylation sites is 1. The van der Waals surface area contributed by atoms with E-state index in [0.29, 0.717) is 39.4 Å². The monoisotopic (exact) mass is 1860 g/mol. The molecule has 6 aromatic rings. The molecule has 40 nitrogen and oxygen atoms in total. The number of rotatable bonds is 24. The van der Waals surface area contributed by atoms with Crippen LogP contribution in [-0.2, 0) is 112 Å². The van der Waals surface area contributed by atoms with Crippen molar-refractivity contribution < 1.29 is 107 Å². The number of carboxylic acids is 1. The van der Waals surface area contributed by atoms with Gasteiger partial charge in [-0.1, -0.05) is 171 Å². The summed E-state index contributed by atoms with van der Waals surface area (Å²) in [6.45, 7) is 11.3. The Morgan fingerprint density at radius 2 is 0.880 bits per heavy atom. The van der Waals surface area contributed by atoms with Crippen LogP contribution in [-0.4, -0.2) is 272 Å². The van der Waals surface area contributed by atoms with Crippen LogP contribution in [0, 0.1) is 23.7 Å². The second kappa shape index (κ2) is 51.1. The number of aliphatic carboxylic acids is 1. The summed E-state index contributed by atoms with van der Waals surface area (Å²) in [6, 6.07) is 13.2. The minimum atomic E-state index is -2.08. The standard InChI is InChI=1S/C92H122N18O22S/c1-48(2)34-62-80(120)101-66(37-54-26-30-57(31-27-54)56-22-16-13-17-23-56)87(127)108-78(51(7)8)92(132)110(11)52(9)91(131)109(10)43-74(115)96-68(40-73(93)114)84(124)99-63(35-49(3)4)86(126)107-77(50(5)6)90(130)105-71(45-112)88(128)106-72(89(129)104-70(44-111)79(94)119)46-133-47-75(116)97-64(36-53-20-14-12-15-21-53)81(121)100-65(38-55-28-32-59(113)33-29-55)82(122)103-69(41-76(117)118)85(125)102-67(83(123)98-62)39-58-42-95-61-25-19-18-24-60(58)61/h12-33,42,48-52,62-72,77-78,95,111-113H,34-41,43-47H2,1-11H3,(H2,93,114)(H2,94,119)(H,96,115)(H,97,116)(H,98,123)(H,99,124)(H,100,121)(H,101,120)(H,102,125)(H,103,122)(H,104,129)(H,105,130)(H,106,128)(H,107,126)(H,108,127)(H,117,118)/t52-,62-,63-,64-,65-,66-,67-,68-,69-,70-,71-,72-,77-,78-/m0/s1. The third-order valence-corrected chi connectivity index (χ3v) is 22.9. The molecule has 1 aliphatic rings. The first-order valence-corrected chi connectivity index (χ1v) is 44.6. The number of benzene rings is 5. The molecule has 1 saturated heterocycles. The van der Waals surface area contributed by atoms with Gasteiger partial charge in [0.25, 0.3) is 0 Å². The van der Waals surface area contributed by atoms with Gasteiger partial charge in [0.05, 0.1) is 38.4 Å². The maximum atomic E-state index is 15.4. The zero-order valence-corrected chi connectivity index (χ0v) is 76.8. The summed E-state index contributed by atoms with van der Waals surface area (Å²) in [7, 11) is 2.46. The molecule has 14 atom stereocenters. The summed E-state index contributed by atoms with van der Waals surface area (Å²) in [5.41, 5.74) is 14.9. The number of hydrogen-bond donors (Lipinski definition) is 20. The quantitative estimate of drug-likeness (QED) is 0.0324. The van der Waals surface area contributed by atoms with Crippen molar-refractivity contribution in [2.45, 2.75) is 198 Å². The fourth-order valence-electron chi connectivity index (χ4n) is 14.5. The molecule has 0 radical (unpaired) electrons. The van der Waals surface area contributed by atoms with E-state index in [4.69, 9.17) is 11.5 Å². The normalized spacial score (nSPS) is 23.1. The number of aliphatic hydroxyl groups is 2. The van der Waals surface area contributed by atoms with E-state index in [1.54, 1.807) is 127 Å². The number of aromatic amines is 1. The highest BCUT2D eigenvalue weighted by atomic mass is 32.2. The van der Waals surface area contributed by atoms with Crippen molar-refractivity contribution in [1.29, 1.82) is 0 Å². The second-order valence-electron chi connectivity index (χ2n) is 34.3. The number of aliphatic hydroxyl groups excluding tert-OH is 2. The smallest absolute Gasteiger partial charge is 0.305 e. The molecule has 7 rings (SSSR count). The molecule has 1 aromatic heterocycles. The Bertz CT molecular complexity index is 5100. The fraction of sp³-hybridized carbons (Fsp3) is 0.457. The van der Waals surface area contributed by atoms with Gasteiger partial charge in [0, 0.05) is 62.6 Å². The van der Waals surface area contributed by atoms with Gasteiger partial charge in [-0.3, -0.25) is 86.3 Å². The Balaban J connectivity index is 1.31. The average molecular weight is 1860 g/mol. The number of phenols is 1. The Kier molecular flexibility index (Phi) is 40.8. The summed E-state index contributed by atoms with van der Waals surface area (Å²) in [4.78, 5) is 263. The molecule has 718 valence electrons. The zero-order chi connectivity index (χ0) is 98.2. The Morgan fingerprint density at radius 3 is 1.39 bits per heavy atom. The SMILES string of the molecule is CC(C)C[C@@H]1NC(=O)[C@H](Cc2c[nH]c3ccccc23)NC(=O)[C@H](CC(=O)O)NC(=O)[C@H](Cc2ccc(O)cc2)NC(=O)[C@H](Cc2ccccc2)NC(=O)CSC[C@@H](C(=O)N[C@@H](CO)C(N)=O)NC(=O)[C@H](CO)NC(=O)[C@H](C(C)C)NC(=O)[C@H](CC(C)C)NC(=O)[C@H](CC(N)=O)NC(=O)CN(C)C(=O)[C@H](C)N(C)C(=O)[C@H](C(C)C)NC(=O)[C@H](Cc2ccc(-c3ccccc3)cc2)NC1=O. The molecule has 22 N–H and O–H groups in total. The van der Waals surface area contributed by atoms with Crippen LogP contribution in [0.25, 0.3) is 22.0 Å². The molecule has 0 bridgehead atoms. The van der Waals surface area contributed by atoms with Gasteiger partial charge >= 0.3 is 5.97 Å². The Labute approximate surface area is 773 Å². The molecule has 0 spiro atoms. The Hall–Kier alpha value is -13.8. The predicted octanol–water partition coefficient (Wildman–Crippen LogP) is -1.61. The van der Waals surface area contributed by atoms with Crippen molar-refractivity contribution in [3.63, 3.8) is 0 Å². The summed E-state index contributed by atoms with van der Waals surface area (Å²) in [6.07, 6.45) is -2.06. The number of aromatic hydroxyl groups is 1. The molecule has 0 aliphatic carbocycles. The summed E-state index contributed by atoms with van der Waals surface area (Å²) in [5.74, 6) is -23.5. The summed E-state index contributed by atoms with van der Waals surface area (Å²) in [5, 5.41) is 75.0. The van der Waals surface area contributed by atoms with Gasteiger partial charge in [0.15, 0.2) is 0 Å². The number of likely N-dealkylation sites (N-methyl/N-ethyl adjacent to an activating group) is 2. The average Bonchev–Trinajstić information content (AvgIpc) is 0.984. The number of amides is 17. The fourth-order valence-corrected chi connectivity index (χ4v) is 15.3. The van der Waals surface area contributed by atoms with E-state index >= 15 is 28.8 Å². The molecule has 1 aliphatic heterocycles. The number of thioether (sulfide) groups is 1. The third kappa shape index (κ3) is 32.9. The highest BCUT2D eigenvalue weighted by Crippen LogP contribution is 2.24. The highest BCUT2D eigenvalue weighted by Gasteiger charge is 2.41. The lowest BCUT2D eigenvalue weighted by atomic mass is 9.97. The zero-order valence-electron chi connectivity index (χ0n) is 76.0. The van der Waals surface area contributed by atoms with E-state index < -0.39 is 265 Å². The van der Waals surface area contributed by atoms with Crippen molar-refractivity contribution in [2.24, 2.45) is 35.1 Å². The van der Waals surface area contributed by atoms with Crippen molar-refractivity contribution in [3.8, 4) is 16.9 Å². The van der Waals surface area contributed by atoms with Crippen LogP contribution >= 0.6 is 11.8 Å². The van der Waals surface area contributed by atoms with Crippen LogP contribution < -0.4 is 80.6 Å². The van der Waals surface area contributed by atoms with Crippen LogP contribution in [0.1, 0.15) is 110 Å². The van der Waals surface area contributed by atoms with Gasteiger partial charge in [0.1, 0.15) is 90.3 Å². The maximum Gasteiger partial charge on any atom is 0.305 e. The van der Waals surface area contributed by atoms with Crippen LogP contribution in [0.3, 0.4) is 0 Å². The molecule has 0 saturated carbocycles. The maximum absolute atomic E-state index is 15.4. The molecule has 41 heteroatoms. The second-order valence-corrected chi connectivity index (χ2v) is 35.3. The number of fused-ring (bicyclic) bond motifs is 1. The lowest BCUT2D eigenvalue weighted by molar-refractivity contribution is -0.147. The highest BCUT2D eigenvalue weighted by molar-refractivity contribution is 8.00. The first-order chi connectivity index (χ1) is 62.9. The van der Waals surface area contributed by atoms with Crippen molar-refractivity contribution in [3.05, 3.63) is 162 Å². The number of carbonyl (C=O) groups is 18. The van der Waals surface area contributed by atoms with Gasteiger partial charge in [-0.15, -0.1) is 11.8 Å². The summed E-state index contributed by atoms with van der Waals surface area (Å²) >= 11 is 0.648. The minimum absolute atomic E-state index is 0.126.